The topological polar surface area (TPSA) is 67.4 Å². The number of methoxy groups -OCH3 is 1. The zero-order valence-electron chi connectivity index (χ0n) is 11.7. The van der Waals surface area contributed by atoms with Gasteiger partial charge in [0.25, 0.3) is 0 Å². The predicted octanol–water partition coefficient (Wildman–Crippen LogP) is 3.85. The number of ether oxygens (including phenoxy) is 1. The van der Waals surface area contributed by atoms with Crippen molar-refractivity contribution in [3.63, 3.8) is 0 Å². The minimum atomic E-state index is -0.341. The van der Waals surface area contributed by atoms with Gasteiger partial charge in [-0.1, -0.05) is 29.6 Å². The molecule has 0 heterocycles. The number of esters is 1. The van der Waals surface area contributed by atoms with Crippen LogP contribution >= 0.6 is 23.2 Å². The maximum Gasteiger partial charge on any atom is 0.319 e. The van der Waals surface area contributed by atoms with Gasteiger partial charge in [0.1, 0.15) is 0 Å². The first kappa shape index (κ1) is 17.6. The Labute approximate surface area is 133 Å². The van der Waals surface area contributed by atoms with Gasteiger partial charge in [-0.25, -0.2) is 4.79 Å². The molecule has 7 heteroatoms. The van der Waals surface area contributed by atoms with Crippen molar-refractivity contribution in [1.82, 2.24) is 5.32 Å². The third-order valence-electron chi connectivity index (χ3n) is 2.75. The fourth-order valence-electron chi connectivity index (χ4n) is 1.63. The average Bonchev–Trinajstić information content (AvgIpc) is 2.46. The Hall–Kier alpha value is -1.46. The van der Waals surface area contributed by atoms with E-state index in [0.717, 1.165) is 19.3 Å². The standard InChI is InChI=1S/C14H18Cl2N2O3/c1-21-13(19)5-3-2-4-8-17-14(20)18-12-9-10(15)6-7-11(12)16/h6-7,9H,2-5,8H2,1H3,(H2,17,18,20). The van der Waals surface area contributed by atoms with Gasteiger partial charge < -0.3 is 15.4 Å². The van der Waals surface area contributed by atoms with Crippen molar-refractivity contribution in [3.8, 4) is 0 Å². The number of carbonyl (C=O) groups is 2. The Morgan fingerprint density at radius 1 is 1.19 bits per heavy atom. The monoisotopic (exact) mass is 332 g/mol. The average molecular weight is 333 g/mol. The summed E-state index contributed by atoms with van der Waals surface area (Å²) in [7, 11) is 1.37. The molecule has 0 aliphatic heterocycles. The molecule has 2 amide bonds. The third kappa shape index (κ3) is 7.20. The quantitative estimate of drug-likeness (QED) is 0.588. The summed E-state index contributed by atoms with van der Waals surface area (Å²) in [4.78, 5) is 22.6. The second-order valence-corrected chi connectivity index (χ2v) is 5.24. The van der Waals surface area contributed by atoms with Crippen molar-refractivity contribution in [1.29, 1.82) is 0 Å². The van der Waals surface area contributed by atoms with E-state index in [1.165, 1.54) is 7.11 Å². The Bertz CT molecular complexity index is 495. The van der Waals surface area contributed by atoms with Crippen LogP contribution in [0.4, 0.5) is 10.5 Å². The van der Waals surface area contributed by atoms with E-state index in [4.69, 9.17) is 23.2 Å². The van der Waals surface area contributed by atoms with Crippen LogP contribution < -0.4 is 10.6 Å². The van der Waals surface area contributed by atoms with Gasteiger partial charge in [-0.05, 0) is 31.0 Å². The Kier molecular flexibility index (Phi) is 7.93. The summed E-state index contributed by atoms with van der Waals surface area (Å²) in [5.41, 5.74) is 0.465. The fourth-order valence-corrected chi connectivity index (χ4v) is 1.97. The zero-order chi connectivity index (χ0) is 15.7. The summed E-state index contributed by atoms with van der Waals surface area (Å²) >= 11 is 11.8. The molecule has 0 unspecified atom stereocenters. The number of amides is 2. The van der Waals surface area contributed by atoms with E-state index in [0.29, 0.717) is 28.7 Å². The molecule has 0 aromatic heterocycles. The molecule has 0 spiro atoms. The highest BCUT2D eigenvalue weighted by Gasteiger charge is 2.06. The molecule has 116 valence electrons. The third-order valence-corrected chi connectivity index (χ3v) is 3.31. The molecule has 1 aromatic rings. The van der Waals surface area contributed by atoms with Crippen molar-refractivity contribution in [2.24, 2.45) is 0 Å². The molecule has 0 bridgehead atoms. The fraction of sp³-hybridized carbons (Fsp3) is 0.429. The molecule has 0 radical (unpaired) electrons. The van der Waals surface area contributed by atoms with E-state index in [-0.39, 0.29) is 12.0 Å². The molecule has 0 aliphatic carbocycles. The van der Waals surface area contributed by atoms with Crippen molar-refractivity contribution in [3.05, 3.63) is 28.2 Å². The van der Waals surface area contributed by atoms with E-state index in [1.807, 2.05) is 0 Å². The maximum atomic E-state index is 11.7. The van der Waals surface area contributed by atoms with Gasteiger partial charge in [-0.3, -0.25) is 4.79 Å². The van der Waals surface area contributed by atoms with E-state index < -0.39 is 0 Å². The first-order valence-corrected chi connectivity index (χ1v) is 7.35. The van der Waals surface area contributed by atoms with Gasteiger partial charge in [-0.2, -0.15) is 0 Å². The van der Waals surface area contributed by atoms with Crippen LogP contribution in [0.15, 0.2) is 18.2 Å². The number of rotatable bonds is 7. The summed E-state index contributed by atoms with van der Waals surface area (Å²) in [6.45, 7) is 0.519. The number of nitrogens with one attached hydrogen (secondary N) is 2. The van der Waals surface area contributed by atoms with Crippen LogP contribution in [0, 0.1) is 0 Å². The molecular weight excluding hydrogens is 315 g/mol. The molecule has 0 aliphatic rings. The lowest BCUT2D eigenvalue weighted by Crippen LogP contribution is -2.29. The lowest BCUT2D eigenvalue weighted by Gasteiger charge is -2.09. The first-order chi connectivity index (χ1) is 10.0. The number of anilines is 1. The summed E-state index contributed by atoms with van der Waals surface area (Å²) in [6.07, 6.45) is 2.78. The zero-order valence-corrected chi connectivity index (χ0v) is 13.3. The molecule has 1 rings (SSSR count). The normalized spacial score (nSPS) is 10.0. The lowest BCUT2D eigenvalue weighted by atomic mass is 10.2. The highest BCUT2D eigenvalue weighted by molar-refractivity contribution is 6.35. The van der Waals surface area contributed by atoms with Gasteiger partial charge in [0.2, 0.25) is 0 Å². The van der Waals surface area contributed by atoms with Crippen LogP contribution in [-0.2, 0) is 9.53 Å². The Balaban J connectivity index is 2.20. The van der Waals surface area contributed by atoms with Crippen molar-refractivity contribution in [2.45, 2.75) is 25.7 Å². The van der Waals surface area contributed by atoms with Crippen LogP contribution in [0.25, 0.3) is 0 Å². The summed E-state index contributed by atoms with van der Waals surface area (Å²) in [6, 6.07) is 4.51. The van der Waals surface area contributed by atoms with Crippen molar-refractivity contribution >= 4 is 40.9 Å². The number of halogens is 2. The molecule has 21 heavy (non-hydrogen) atoms. The minimum Gasteiger partial charge on any atom is -0.469 e. The molecule has 0 saturated heterocycles. The number of unbranched alkanes of at least 4 members (excludes halogenated alkanes) is 2. The highest BCUT2D eigenvalue weighted by atomic mass is 35.5. The van der Waals surface area contributed by atoms with Gasteiger partial charge in [0, 0.05) is 18.0 Å². The second kappa shape index (κ2) is 9.47. The van der Waals surface area contributed by atoms with E-state index in [2.05, 4.69) is 15.4 Å². The van der Waals surface area contributed by atoms with E-state index >= 15 is 0 Å². The second-order valence-electron chi connectivity index (χ2n) is 4.39. The minimum absolute atomic E-state index is 0.212. The van der Waals surface area contributed by atoms with Gasteiger partial charge >= 0.3 is 12.0 Å². The van der Waals surface area contributed by atoms with Gasteiger partial charge in [0.15, 0.2) is 0 Å². The maximum absolute atomic E-state index is 11.7. The van der Waals surface area contributed by atoms with Crippen LogP contribution in [0.1, 0.15) is 25.7 Å². The number of urea groups is 1. The number of hydrogen-bond donors (Lipinski definition) is 2. The summed E-state index contributed by atoms with van der Waals surface area (Å²) in [5, 5.41) is 6.26. The SMILES string of the molecule is COC(=O)CCCCCNC(=O)Nc1cc(Cl)ccc1Cl. The molecule has 0 atom stereocenters. The Morgan fingerprint density at radius 2 is 1.95 bits per heavy atom. The molecule has 0 fully saturated rings. The van der Waals surface area contributed by atoms with Crippen LogP contribution in [-0.4, -0.2) is 25.7 Å². The van der Waals surface area contributed by atoms with Crippen LogP contribution in [0.3, 0.4) is 0 Å². The lowest BCUT2D eigenvalue weighted by molar-refractivity contribution is -0.140. The van der Waals surface area contributed by atoms with Gasteiger partial charge in [-0.15, -0.1) is 0 Å². The highest BCUT2D eigenvalue weighted by Crippen LogP contribution is 2.25. The van der Waals surface area contributed by atoms with Crippen LogP contribution in [0.5, 0.6) is 0 Å². The van der Waals surface area contributed by atoms with E-state index in [1.54, 1.807) is 18.2 Å². The summed E-state index contributed by atoms with van der Waals surface area (Å²) < 4.78 is 4.54. The number of benzene rings is 1. The predicted molar refractivity (Wildman–Crippen MR) is 84.0 cm³/mol. The molecule has 0 saturated carbocycles. The van der Waals surface area contributed by atoms with Crippen LogP contribution in [0.2, 0.25) is 10.0 Å². The molecule has 5 nitrogen and oxygen atoms in total. The Morgan fingerprint density at radius 3 is 2.67 bits per heavy atom. The molecule has 1 aromatic carbocycles. The van der Waals surface area contributed by atoms with Crippen molar-refractivity contribution < 1.29 is 14.3 Å². The van der Waals surface area contributed by atoms with E-state index in [9.17, 15) is 9.59 Å². The van der Waals surface area contributed by atoms with Crippen molar-refractivity contribution in [2.75, 3.05) is 19.0 Å². The first-order valence-electron chi connectivity index (χ1n) is 6.59. The number of carbonyl (C=O) groups excluding carboxylic acids is 2. The summed E-state index contributed by atoms with van der Waals surface area (Å²) in [5.74, 6) is -0.212. The largest absolute Gasteiger partial charge is 0.469 e. The van der Waals surface area contributed by atoms with Gasteiger partial charge in [0.05, 0.1) is 17.8 Å². The molecular formula is C14H18Cl2N2O3. The number of hydrogen-bond acceptors (Lipinski definition) is 3. The smallest absolute Gasteiger partial charge is 0.319 e. The molecule has 2 N–H and O–H groups in total.